The molecule has 0 aromatic heterocycles. The Morgan fingerprint density at radius 1 is 1.19 bits per heavy atom. The van der Waals surface area contributed by atoms with Gasteiger partial charge in [0, 0.05) is 18.3 Å². The Morgan fingerprint density at radius 2 is 1.88 bits per heavy atom. The molecule has 0 bridgehead atoms. The number of urea groups is 1. The van der Waals surface area contributed by atoms with Gasteiger partial charge in [-0.05, 0) is 31.2 Å². The van der Waals surface area contributed by atoms with Crippen molar-refractivity contribution in [1.82, 2.24) is 5.32 Å². The molecule has 0 spiro atoms. The van der Waals surface area contributed by atoms with E-state index in [9.17, 15) is 20.1 Å². The zero-order valence-electron chi connectivity index (χ0n) is 14.4. The summed E-state index contributed by atoms with van der Waals surface area (Å²) in [5.41, 5.74) is 6.10. The van der Waals surface area contributed by atoms with Crippen LogP contribution in [-0.2, 0) is 0 Å². The second-order valence-electron chi connectivity index (χ2n) is 5.74. The van der Waals surface area contributed by atoms with Crippen LogP contribution >= 0.6 is 0 Å². The van der Waals surface area contributed by atoms with Crippen molar-refractivity contribution >= 4 is 11.7 Å². The number of carbonyl (C=O) groups is 1. The number of phenols is 2. The standard InChI is InChI=1S/C18H23N3O5/c1-12(21(18(19)25)13-5-3-2-4-6-13)20-10-14(22)11-26-15-7-8-16(23)17(24)9-15/h2-9,12,14,20,22-24H,10-11H2,1H3,(H2,19,25). The molecule has 0 radical (unpaired) electrons. The second kappa shape index (κ2) is 8.93. The number of para-hydroxylation sites is 1. The Bertz CT molecular complexity index is 726. The van der Waals surface area contributed by atoms with Crippen LogP contribution < -0.4 is 20.7 Å². The van der Waals surface area contributed by atoms with Gasteiger partial charge in [0.1, 0.15) is 18.5 Å². The summed E-state index contributed by atoms with van der Waals surface area (Å²) >= 11 is 0. The maximum absolute atomic E-state index is 11.7. The maximum Gasteiger partial charge on any atom is 0.320 e. The van der Waals surface area contributed by atoms with E-state index in [1.165, 1.54) is 23.1 Å². The predicted molar refractivity (Wildman–Crippen MR) is 97.2 cm³/mol. The molecule has 140 valence electrons. The molecule has 0 saturated carbocycles. The number of primary amides is 1. The number of aromatic hydroxyl groups is 2. The number of hydrogen-bond acceptors (Lipinski definition) is 6. The number of phenolic OH excluding ortho intramolecular Hbond substituents is 2. The first-order valence-corrected chi connectivity index (χ1v) is 8.08. The van der Waals surface area contributed by atoms with Crippen LogP contribution in [0.4, 0.5) is 10.5 Å². The number of nitrogens with one attached hydrogen (secondary N) is 1. The number of nitrogens with two attached hydrogens (primary N) is 1. The fourth-order valence-corrected chi connectivity index (χ4v) is 2.37. The number of aliphatic hydroxyl groups excluding tert-OH is 1. The Balaban J connectivity index is 1.86. The molecule has 0 fully saturated rings. The highest BCUT2D eigenvalue weighted by Crippen LogP contribution is 2.28. The topological polar surface area (TPSA) is 128 Å². The van der Waals surface area contributed by atoms with Gasteiger partial charge in [-0.2, -0.15) is 0 Å². The van der Waals surface area contributed by atoms with Gasteiger partial charge in [0.05, 0.1) is 6.17 Å². The van der Waals surface area contributed by atoms with Crippen molar-refractivity contribution in [3.05, 3.63) is 48.5 Å². The summed E-state index contributed by atoms with van der Waals surface area (Å²) in [6.45, 7) is 1.87. The molecule has 2 unspecified atom stereocenters. The number of hydrogen-bond donors (Lipinski definition) is 5. The van der Waals surface area contributed by atoms with E-state index >= 15 is 0 Å². The smallest absolute Gasteiger partial charge is 0.320 e. The summed E-state index contributed by atoms with van der Waals surface area (Å²) in [5, 5.41) is 31.7. The van der Waals surface area contributed by atoms with E-state index < -0.39 is 18.3 Å². The number of carbonyl (C=O) groups excluding carboxylic acids is 1. The third kappa shape index (κ3) is 5.27. The van der Waals surface area contributed by atoms with Crippen LogP contribution in [0.3, 0.4) is 0 Å². The maximum atomic E-state index is 11.7. The molecule has 2 aromatic carbocycles. The normalized spacial score (nSPS) is 13.0. The van der Waals surface area contributed by atoms with Crippen LogP contribution in [0.15, 0.2) is 48.5 Å². The van der Waals surface area contributed by atoms with Gasteiger partial charge in [-0.3, -0.25) is 10.2 Å². The highest BCUT2D eigenvalue weighted by Gasteiger charge is 2.20. The number of ether oxygens (including phenoxy) is 1. The number of rotatable bonds is 8. The summed E-state index contributed by atoms with van der Waals surface area (Å²) in [6, 6.07) is 12.4. The first-order valence-electron chi connectivity index (χ1n) is 8.08. The number of nitrogens with zero attached hydrogens (tertiary/aromatic N) is 1. The van der Waals surface area contributed by atoms with Crippen LogP contribution in [0.2, 0.25) is 0 Å². The SMILES string of the molecule is CC(NCC(O)COc1ccc(O)c(O)c1)N(C(N)=O)c1ccccc1. The molecule has 0 saturated heterocycles. The lowest BCUT2D eigenvalue weighted by molar-refractivity contribution is 0.104. The molecule has 0 aliphatic rings. The Kier molecular flexibility index (Phi) is 6.65. The average Bonchev–Trinajstić information content (AvgIpc) is 2.61. The Labute approximate surface area is 151 Å². The number of amides is 2. The highest BCUT2D eigenvalue weighted by molar-refractivity contribution is 5.91. The van der Waals surface area contributed by atoms with Crippen molar-refractivity contribution in [2.45, 2.75) is 19.2 Å². The van der Waals surface area contributed by atoms with Gasteiger partial charge in [0.2, 0.25) is 0 Å². The monoisotopic (exact) mass is 361 g/mol. The van der Waals surface area contributed by atoms with Crippen molar-refractivity contribution < 1.29 is 24.9 Å². The van der Waals surface area contributed by atoms with E-state index in [1.54, 1.807) is 31.2 Å². The fraction of sp³-hybridized carbons (Fsp3) is 0.278. The molecule has 8 heteroatoms. The summed E-state index contributed by atoms with van der Waals surface area (Å²) in [5.74, 6) is -0.236. The first kappa shape index (κ1) is 19.4. The van der Waals surface area contributed by atoms with Gasteiger partial charge in [-0.25, -0.2) is 4.79 Å². The summed E-state index contributed by atoms with van der Waals surface area (Å²) in [4.78, 5) is 13.1. The minimum atomic E-state index is -0.862. The second-order valence-corrected chi connectivity index (χ2v) is 5.74. The van der Waals surface area contributed by atoms with Crippen LogP contribution in [0.25, 0.3) is 0 Å². The van der Waals surface area contributed by atoms with E-state index in [0.717, 1.165) is 0 Å². The lowest BCUT2D eigenvalue weighted by Crippen LogP contribution is -2.51. The molecule has 8 nitrogen and oxygen atoms in total. The highest BCUT2D eigenvalue weighted by atomic mass is 16.5. The Morgan fingerprint density at radius 3 is 2.50 bits per heavy atom. The molecule has 2 aromatic rings. The Hall–Kier alpha value is -2.97. The van der Waals surface area contributed by atoms with Crippen LogP contribution in [0.5, 0.6) is 17.2 Å². The van der Waals surface area contributed by atoms with Crippen molar-refractivity contribution in [3.8, 4) is 17.2 Å². The molecule has 2 amide bonds. The summed E-state index contributed by atoms with van der Waals surface area (Å²) in [7, 11) is 0. The quantitative estimate of drug-likeness (QED) is 0.357. The van der Waals surface area contributed by atoms with E-state index in [-0.39, 0.29) is 24.7 Å². The van der Waals surface area contributed by atoms with E-state index in [4.69, 9.17) is 10.5 Å². The van der Waals surface area contributed by atoms with Gasteiger partial charge in [0.15, 0.2) is 11.5 Å². The lowest BCUT2D eigenvalue weighted by atomic mass is 10.2. The molecule has 6 N–H and O–H groups in total. The van der Waals surface area contributed by atoms with E-state index in [0.29, 0.717) is 11.4 Å². The zero-order chi connectivity index (χ0) is 19.1. The van der Waals surface area contributed by atoms with Crippen molar-refractivity contribution in [2.24, 2.45) is 5.73 Å². The van der Waals surface area contributed by atoms with Crippen LogP contribution in [0.1, 0.15) is 6.92 Å². The minimum absolute atomic E-state index is 0.0359. The molecule has 2 atom stereocenters. The van der Waals surface area contributed by atoms with E-state index in [1.807, 2.05) is 6.07 Å². The molecule has 0 heterocycles. The van der Waals surface area contributed by atoms with E-state index in [2.05, 4.69) is 5.32 Å². The van der Waals surface area contributed by atoms with Gasteiger partial charge < -0.3 is 25.8 Å². The first-order chi connectivity index (χ1) is 12.4. The average molecular weight is 361 g/mol. The summed E-state index contributed by atoms with van der Waals surface area (Å²) in [6.07, 6.45) is -1.30. The van der Waals surface area contributed by atoms with Gasteiger partial charge in [0.25, 0.3) is 0 Å². The summed E-state index contributed by atoms with van der Waals surface area (Å²) < 4.78 is 5.36. The minimum Gasteiger partial charge on any atom is -0.504 e. The van der Waals surface area contributed by atoms with Crippen molar-refractivity contribution in [3.63, 3.8) is 0 Å². The molecule has 0 aliphatic carbocycles. The fourth-order valence-electron chi connectivity index (χ4n) is 2.37. The lowest BCUT2D eigenvalue weighted by Gasteiger charge is -2.29. The number of benzene rings is 2. The van der Waals surface area contributed by atoms with Gasteiger partial charge in [-0.1, -0.05) is 18.2 Å². The predicted octanol–water partition coefficient (Wildman–Crippen LogP) is 1.36. The number of anilines is 1. The third-order valence-electron chi connectivity index (χ3n) is 3.70. The van der Waals surface area contributed by atoms with Gasteiger partial charge in [-0.15, -0.1) is 0 Å². The van der Waals surface area contributed by atoms with Crippen molar-refractivity contribution in [1.29, 1.82) is 0 Å². The number of aliphatic hydroxyl groups is 1. The molecule has 0 aliphatic heterocycles. The largest absolute Gasteiger partial charge is 0.504 e. The molecular formula is C18H23N3O5. The zero-order valence-corrected chi connectivity index (χ0v) is 14.4. The molecular weight excluding hydrogens is 338 g/mol. The van der Waals surface area contributed by atoms with Crippen molar-refractivity contribution in [2.75, 3.05) is 18.1 Å². The molecule has 2 rings (SSSR count). The van der Waals surface area contributed by atoms with Crippen LogP contribution in [0, 0.1) is 0 Å². The third-order valence-corrected chi connectivity index (χ3v) is 3.70. The van der Waals surface area contributed by atoms with Gasteiger partial charge >= 0.3 is 6.03 Å². The molecule has 26 heavy (non-hydrogen) atoms. The van der Waals surface area contributed by atoms with Crippen LogP contribution in [-0.4, -0.2) is 46.8 Å².